The quantitative estimate of drug-likeness (QED) is 0.620. The van der Waals surface area contributed by atoms with E-state index >= 15 is 0 Å². The van der Waals surface area contributed by atoms with Crippen LogP contribution in [0.2, 0.25) is 0 Å². The zero-order chi connectivity index (χ0) is 18.4. The Balaban J connectivity index is 1.67. The molecule has 0 aliphatic rings. The number of likely N-dealkylation sites (N-methyl/N-ethyl adjacent to an activating group) is 2. The maximum absolute atomic E-state index is 6.06. The molecule has 1 heterocycles. The molecule has 0 radical (unpaired) electrons. The van der Waals surface area contributed by atoms with Gasteiger partial charge in [-0.05, 0) is 37.9 Å². The van der Waals surface area contributed by atoms with Gasteiger partial charge in [0.15, 0.2) is 0 Å². The molecule has 3 aromatic rings. The highest BCUT2D eigenvalue weighted by atomic mass is 16.5. The fourth-order valence-electron chi connectivity index (χ4n) is 2.99. The van der Waals surface area contributed by atoms with Crippen LogP contribution in [0.5, 0.6) is 5.75 Å². The lowest BCUT2D eigenvalue weighted by Crippen LogP contribution is -2.27. The first-order chi connectivity index (χ1) is 12.7. The van der Waals surface area contributed by atoms with Gasteiger partial charge in [0.05, 0.1) is 17.8 Å². The molecule has 0 bridgehead atoms. The van der Waals surface area contributed by atoms with Gasteiger partial charge in [0.25, 0.3) is 0 Å². The highest BCUT2D eigenvalue weighted by Crippen LogP contribution is 2.24. The summed E-state index contributed by atoms with van der Waals surface area (Å²) in [5, 5.41) is 11.9. The van der Waals surface area contributed by atoms with Gasteiger partial charge in [-0.1, -0.05) is 37.3 Å². The first kappa shape index (κ1) is 18.4. The van der Waals surface area contributed by atoms with Gasteiger partial charge >= 0.3 is 0 Å². The predicted octanol–water partition coefficient (Wildman–Crippen LogP) is 3.40. The zero-order valence-corrected chi connectivity index (χ0v) is 15.8. The van der Waals surface area contributed by atoms with Crippen molar-refractivity contribution in [2.24, 2.45) is 0 Å². The van der Waals surface area contributed by atoms with Crippen molar-refractivity contribution in [2.75, 3.05) is 33.8 Å². The van der Waals surface area contributed by atoms with E-state index < -0.39 is 0 Å². The highest BCUT2D eigenvalue weighted by molar-refractivity contribution is 5.82. The van der Waals surface area contributed by atoms with E-state index in [0.29, 0.717) is 12.5 Å². The van der Waals surface area contributed by atoms with E-state index in [1.165, 1.54) is 5.56 Å². The van der Waals surface area contributed by atoms with Crippen LogP contribution < -0.4 is 10.1 Å². The summed E-state index contributed by atoms with van der Waals surface area (Å²) in [7, 11) is 4.08. The van der Waals surface area contributed by atoms with Crippen LogP contribution in [0.1, 0.15) is 24.1 Å². The van der Waals surface area contributed by atoms with Gasteiger partial charge in [-0.25, -0.2) is 0 Å². The van der Waals surface area contributed by atoms with Crippen LogP contribution in [-0.2, 0) is 6.54 Å². The molecule has 0 aliphatic carbocycles. The maximum atomic E-state index is 6.06. The SMILES string of the molecule is CNCCN(C)Cc1n[nH]c2ccc(OCC(C)c3ccccc3)cc12. The lowest BCUT2D eigenvalue weighted by atomic mass is 10.0. The molecule has 138 valence electrons. The number of aromatic nitrogens is 2. The van der Waals surface area contributed by atoms with Gasteiger partial charge in [-0.3, -0.25) is 10.00 Å². The molecular weight excluding hydrogens is 324 g/mol. The van der Waals surface area contributed by atoms with Crippen molar-refractivity contribution in [3.05, 3.63) is 59.8 Å². The van der Waals surface area contributed by atoms with Gasteiger partial charge in [0.1, 0.15) is 5.75 Å². The molecule has 1 atom stereocenters. The van der Waals surface area contributed by atoms with E-state index in [9.17, 15) is 0 Å². The summed E-state index contributed by atoms with van der Waals surface area (Å²) in [6.45, 7) is 5.60. The van der Waals surface area contributed by atoms with Crippen LogP contribution in [0, 0.1) is 0 Å². The Morgan fingerprint density at radius 3 is 2.77 bits per heavy atom. The lowest BCUT2D eigenvalue weighted by molar-refractivity contribution is 0.296. The minimum Gasteiger partial charge on any atom is -0.493 e. The second kappa shape index (κ2) is 8.83. The number of fused-ring (bicyclic) bond motifs is 1. The minimum absolute atomic E-state index is 0.350. The first-order valence-corrected chi connectivity index (χ1v) is 9.15. The third-order valence-electron chi connectivity index (χ3n) is 4.65. The van der Waals surface area contributed by atoms with Gasteiger partial charge in [0, 0.05) is 30.9 Å². The molecule has 5 nitrogen and oxygen atoms in total. The maximum Gasteiger partial charge on any atom is 0.120 e. The molecule has 0 saturated carbocycles. The van der Waals surface area contributed by atoms with Crippen LogP contribution in [0.15, 0.2) is 48.5 Å². The van der Waals surface area contributed by atoms with Crippen molar-refractivity contribution in [1.29, 1.82) is 0 Å². The number of nitrogens with zero attached hydrogens (tertiary/aromatic N) is 2. The van der Waals surface area contributed by atoms with Crippen molar-refractivity contribution in [3.63, 3.8) is 0 Å². The summed E-state index contributed by atoms with van der Waals surface area (Å²) in [5.41, 5.74) is 3.40. The molecule has 2 N–H and O–H groups in total. The Morgan fingerprint density at radius 1 is 1.19 bits per heavy atom. The molecular formula is C21H28N4O. The molecule has 0 amide bonds. The molecule has 0 spiro atoms. The third-order valence-corrected chi connectivity index (χ3v) is 4.65. The van der Waals surface area contributed by atoms with Crippen LogP contribution in [0.25, 0.3) is 10.9 Å². The number of benzene rings is 2. The number of H-pyrrole nitrogens is 1. The van der Waals surface area contributed by atoms with Crippen molar-refractivity contribution >= 4 is 10.9 Å². The second-order valence-corrected chi connectivity index (χ2v) is 6.84. The second-order valence-electron chi connectivity index (χ2n) is 6.84. The Kier molecular flexibility index (Phi) is 6.26. The molecule has 0 saturated heterocycles. The van der Waals surface area contributed by atoms with Crippen LogP contribution in [-0.4, -0.2) is 48.9 Å². The van der Waals surface area contributed by atoms with Crippen LogP contribution >= 0.6 is 0 Å². The van der Waals surface area contributed by atoms with E-state index in [1.54, 1.807) is 0 Å². The summed E-state index contributed by atoms with van der Waals surface area (Å²) in [6.07, 6.45) is 0. The Hall–Kier alpha value is -2.37. The first-order valence-electron chi connectivity index (χ1n) is 9.15. The van der Waals surface area contributed by atoms with Crippen molar-refractivity contribution in [2.45, 2.75) is 19.4 Å². The van der Waals surface area contributed by atoms with E-state index in [-0.39, 0.29) is 0 Å². The van der Waals surface area contributed by atoms with E-state index in [4.69, 9.17) is 4.74 Å². The lowest BCUT2D eigenvalue weighted by Gasteiger charge is -2.15. The van der Waals surface area contributed by atoms with Crippen LogP contribution in [0.3, 0.4) is 0 Å². The third kappa shape index (κ3) is 4.62. The van der Waals surface area contributed by atoms with E-state index in [0.717, 1.165) is 42.0 Å². The molecule has 2 aromatic carbocycles. The Bertz CT molecular complexity index is 815. The number of hydrogen-bond acceptors (Lipinski definition) is 4. The molecule has 26 heavy (non-hydrogen) atoms. The average Bonchev–Trinajstić information content (AvgIpc) is 3.07. The van der Waals surface area contributed by atoms with E-state index in [2.05, 4.69) is 64.7 Å². The number of rotatable bonds is 9. The van der Waals surface area contributed by atoms with Crippen molar-refractivity contribution in [3.8, 4) is 5.75 Å². The largest absolute Gasteiger partial charge is 0.493 e. The van der Waals surface area contributed by atoms with Gasteiger partial charge in [-0.15, -0.1) is 0 Å². The summed E-state index contributed by atoms with van der Waals surface area (Å²) in [5.74, 6) is 1.24. The van der Waals surface area contributed by atoms with Gasteiger partial charge in [-0.2, -0.15) is 5.10 Å². The summed E-state index contributed by atoms with van der Waals surface area (Å²) >= 11 is 0. The normalized spacial score (nSPS) is 12.6. The summed E-state index contributed by atoms with van der Waals surface area (Å²) < 4.78 is 6.06. The molecule has 5 heteroatoms. The Labute approximate surface area is 155 Å². The Morgan fingerprint density at radius 2 is 2.00 bits per heavy atom. The molecule has 1 unspecified atom stereocenters. The molecule has 0 fully saturated rings. The average molecular weight is 352 g/mol. The summed E-state index contributed by atoms with van der Waals surface area (Å²) in [6, 6.07) is 16.6. The molecule has 1 aromatic heterocycles. The highest BCUT2D eigenvalue weighted by Gasteiger charge is 2.11. The predicted molar refractivity (Wildman–Crippen MR) is 107 cm³/mol. The molecule has 0 aliphatic heterocycles. The van der Waals surface area contributed by atoms with Crippen molar-refractivity contribution < 1.29 is 4.74 Å². The fourth-order valence-corrected chi connectivity index (χ4v) is 2.99. The number of hydrogen-bond donors (Lipinski definition) is 2. The number of ether oxygens (including phenoxy) is 1. The monoisotopic (exact) mass is 352 g/mol. The van der Waals surface area contributed by atoms with Crippen molar-refractivity contribution in [1.82, 2.24) is 20.4 Å². The zero-order valence-electron chi connectivity index (χ0n) is 15.8. The molecule has 3 rings (SSSR count). The number of aromatic amines is 1. The standard InChI is InChI=1S/C21H28N4O/c1-16(17-7-5-4-6-8-17)15-26-18-9-10-20-19(13-18)21(24-23-20)14-25(3)12-11-22-2/h4-10,13,16,22H,11-12,14-15H2,1-3H3,(H,23,24). The van der Waals surface area contributed by atoms with Gasteiger partial charge < -0.3 is 10.1 Å². The topological polar surface area (TPSA) is 53.2 Å². The smallest absolute Gasteiger partial charge is 0.120 e. The summed E-state index contributed by atoms with van der Waals surface area (Å²) in [4.78, 5) is 2.26. The fraction of sp³-hybridized carbons (Fsp3) is 0.381. The van der Waals surface area contributed by atoms with E-state index in [1.807, 2.05) is 25.2 Å². The minimum atomic E-state index is 0.350. The number of nitrogens with one attached hydrogen (secondary N) is 2. The van der Waals surface area contributed by atoms with Gasteiger partial charge in [0.2, 0.25) is 0 Å². The van der Waals surface area contributed by atoms with Crippen LogP contribution in [0.4, 0.5) is 0 Å².